The van der Waals surface area contributed by atoms with Crippen LogP contribution in [0.2, 0.25) is 0 Å². The Bertz CT molecular complexity index is 475. The first-order valence-corrected chi connectivity index (χ1v) is 6.15. The molecule has 1 aromatic carbocycles. The number of aliphatic hydroxyl groups excluding tert-OH is 1. The van der Waals surface area contributed by atoms with Crippen LogP contribution < -0.4 is 5.32 Å². The van der Waals surface area contributed by atoms with Crippen molar-refractivity contribution in [3.8, 4) is 0 Å². The van der Waals surface area contributed by atoms with Crippen LogP contribution in [0, 0.1) is 0 Å². The van der Waals surface area contributed by atoms with Crippen molar-refractivity contribution in [2.24, 2.45) is 0 Å². The van der Waals surface area contributed by atoms with Crippen LogP contribution in [0.15, 0.2) is 34.7 Å². The Kier molecular flexibility index (Phi) is 2.65. The van der Waals surface area contributed by atoms with E-state index < -0.39 is 0 Å². The van der Waals surface area contributed by atoms with Crippen LogP contribution in [0.4, 0.5) is 0 Å². The molecule has 1 aliphatic carbocycles. The Hall–Kier alpha value is -1.32. The van der Waals surface area contributed by atoms with Crippen molar-refractivity contribution < 1.29 is 9.52 Å². The molecule has 1 aromatic heterocycles. The molecule has 17 heavy (non-hydrogen) atoms. The molecule has 1 saturated carbocycles. The molecule has 3 nitrogen and oxygen atoms in total. The summed E-state index contributed by atoms with van der Waals surface area (Å²) in [5, 5.41) is 13.9. The van der Waals surface area contributed by atoms with Crippen molar-refractivity contribution in [2.45, 2.75) is 31.3 Å². The number of para-hydroxylation sites is 1. The zero-order valence-electron chi connectivity index (χ0n) is 9.78. The highest BCUT2D eigenvalue weighted by Crippen LogP contribution is 2.31. The Morgan fingerprint density at radius 1 is 1.29 bits per heavy atom. The van der Waals surface area contributed by atoms with Crippen LogP contribution in [0.5, 0.6) is 0 Å². The van der Waals surface area contributed by atoms with Crippen molar-refractivity contribution in [2.75, 3.05) is 6.61 Å². The van der Waals surface area contributed by atoms with E-state index in [0.717, 1.165) is 29.6 Å². The molecule has 0 spiro atoms. The predicted molar refractivity (Wildman–Crippen MR) is 66.7 cm³/mol. The summed E-state index contributed by atoms with van der Waals surface area (Å²) in [6.45, 7) is 0.905. The molecule has 1 aliphatic rings. The quantitative estimate of drug-likeness (QED) is 0.849. The Morgan fingerprint density at radius 3 is 2.76 bits per heavy atom. The summed E-state index contributed by atoms with van der Waals surface area (Å²) in [4.78, 5) is 0. The van der Waals surface area contributed by atoms with Gasteiger partial charge in [0.2, 0.25) is 0 Å². The van der Waals surface area contributed by atoms with Crippen molar-refractivity contribution in [3.05, 3.63) is 36.1 Å². The van der Waals surface area contributed by atoms with Gasteiger partial charge in [0.05, 0.1) is 13.2 Å². The molecule has 0 radical (unpaired) electrons. The minimum absolute atomic E-state index is 0.0566. The van der Waals surface area contributed by atoms with E-state index in [1.165, 1.54) is 6.42 Å². The summed E-state index contributed by atoms with van der Waals surface area (Å²) in [5.74, 6) is 0.936. The number of fused-ring (bicyclic) bond motifs is 1. The van der Waals surface area contributed by atoms with Gasteiger partial charge in [0, 0.05) is 10.9 Å². The predicted octanol–water partition coefficient (Wildman–Crippen LogP) is 2.44. The lowest BCUT2D eigenvalue weighted by atomic mass is 9.77. The first-order valence-electron chi connectivity index (χ1n) is 6.15. The van der Waals surface area contributed by atoms with E-state index in [4.69, 9.17) is 4.42 Å². The van der Waals surface area contributed by atoms with Crippen molar-refractivity contribution >= 4 is 11.0 Å². The highest BCUT2D eigenvalue weighted by molar-refractivity contribution is 5.77. The van der Waals surface area contributed by atoms with Crippen LogP contribution in [0.25, 0.3) is 11.0 Å². The van der Waals surface area contributed by atoms with Crippen LogP contribution in [0.3, 0.4) is 0 Å². The molecule has 3 heteroatoms. The van der Waals surface area contributed by atoms with Gasteiger partial charge < -0.3 is 14.8 Å². The lowest BCUT2D eigenvalue weighted by Gasteiger charge is -2.41. The first-order chi connectivity index (χ1) is 8.31. The van der Waals surface area contributed by atoms with Crippen molar-refractivity contribution in [3.63, 3.8) is 0 Å². The lowest BCUT2D eigenvalue weighted by Crippen LogP contribution is -2.53. The average Bonchev–Trinajstić information content (AvgIpc) is 2.71. The molecule has 0 bridgehead atoms. The topological polar surface area (TPSA) is 45.4 Å². The first kappa shape index (κ1) is 10.8. The SMILES string of the molecule is OCC1(NCc2cc3ccccc3o2)CCC1. The Balaban J connectivity index is 1.72. The number of furan rings is 1. The van der Waals surface area contributed by atoms with Gasteiger partial charge in [0.1, 0.15) is 11.3 Å². The zero-order chi connectivity index (χ0) is 11.7. The number of nitrogens with one attached hydrogen (secondary N) is 1. The molecule has 0 amide bonds. The normalized spacial score (nSPS) is 18.2. The molecule has 0 saturated heterocycles. The van der Waals surface area contributed by atoms with E-state index >= 15 is 0 Å². The third kappa shape index (κ3) is 1.96. The summed E-state index contributed by atoms with van der Waals surface area (Å²) >= 11 is 0. The van der Waals surface area contributed by atoms with E-state index in [1.54, 1.807) is 0 Å². The number of hydrogen-bond donors (Lipinski definition) is 2. The van der Waals surface area contributed by atoms with Crippen LogP contribution in [-0.4, -0.2) is 17.3 Å². The maximum absolute atomic E-state index is 9.36. The number of benzene rings is 1. The fourth-order valence-corrected chi connectivity index (χ4v) is 2.39. The molecule has 0 aliphatic heterocycles. The largest absolute Gasteiger partial charge is 0.460 e. The Labute approximate surface area is 100 Å². The molecule has 2 aromatic rings. The standard InChI is InChI=1S/C14H17NO2/c16-10-14(6-3-7-14)15-9-12-8-11-4-1-2-5-13(11)17-12/h1-2,4-5,8,15-16H,3,6-7,9-10H2. The van der Waals surface area contributed by atoms with Gasteiger partial charge in [-0.15, -0.1) is 0 Å². The highest BCUT2D eigenvalue weighted by Gasteiger charge is 2.35. The molecule has 1 fully saturated rings. The second-order valence-corrected chi connectivity index (χ2v) is 4.90. The molecule has 3 rings (SSSR count). The smallest absolute Gasteiger partial charge is 0.134 e. The number of rotatable bonds is 4. The molecular formula is C14H17NO2. The summed E-state index contributed by atoms with van der Waals surface area (Å²) < 4.78 is 5.73. The second-order valence-electron chi connectivity index (χ2n) is 4.90. The molecule has 0 unspecified atom stereocenters. The van der Waals surface area contributed by atoms with Gasteiger partial charge in [-0.3, -0.25) is 0 Å². The summed E-state index contributed by atoms with van der Waals surface area (Å²) in [6.07, 6.45) is 3.32. The zero-order valence-corrected chi connectivity index (χ0v) is 9.78. The van der Waals surface area contributed by atoms with Crippen LogP contribution in [0.1, 0.15) is 25.0 Å². The average molecular weight is 231 g/mol. The van der Waals surface area contributed by atoms with Gasteiger partial charge in [0.25, 0.3) is 0 Å². The lowest BCUT2D eigenvalue weighted by molar-refractivity contribution is 0.0854. The van der Waals surface area contributed by atoms with Crippen molar-refractivity contribution in [1.82, 2.24) is 5.32 Å². The van der Waals surface area contributed by atoms with E-state index in [1.807, 2.05) is 24.3 Å². The number of hydrogen-bond acceptors (Lipinski definition) is 3. The maximum atomic E-state index is 9.36. The molecule has 2 N–H and O–H groups in total. The van der Waals surface area contributed by atoms with E-state index in [0.29, 0.717) is 6.54 Å². The third-order valence-electron chi connectivity index (χ3n) is 3.73. The van der Waals surface area contributed by atoms with E-state index in [9.17, 15) is 5.11 Å². The second kappa shape index (κ2) is 4.17. The van der Waals surface area contributed by atoms with Gasteiger partial charge in [-0.05, 0) is 31.4 Å². The van der Waals surface area contributed by atoms with Gasteiger partial charge in [0.15, 0.2) is 0 Å². The molecule has 1 heterocycles. The van der Waals surface area contributed by atoms with Crippen LogP contribution in [-0.2, 0) is 6.54 Å². The molecular weight excluding hydrogens is 214 g/mol. The fraction of sp³-hybridized carbons (Fsp3) is 0.429. The van der Waals surface area contributed by atoms with E-state index in [-0.39, 0.29) is 12.1 Å². The Morgan fingerprint density at radius 2 is 2.12 bits per heavy atom. The summed E-state index contributed by atoms with van der Waals surface area (Å²) in [5.41, 5.74) is 0.870. The summed E-state index contributed by atoms with van der Waals surface area (Å²) in [6, 6.07) is 10.1. The molecule has 90 valence electrons. The number of aliphatic hydroxyl groups is 1. The van der Waals surface area contributed by atoms with Gasteiger partial charge in [-0.1, -0.05) is 18.2 Å². The van der Waals surface area contributed by atoms with Gasteiger partial charge >= 0.3 is 0 Å². The summed E-state index contributed by atoms with van der Waals surface area (Å²) in [7, 11) is 0. The van der Waals surface area contributed by atoms with E-state index in [2.05, 4.69) is 11.4 Å². The van der Waals surface area contributed by atoms with Gasteiger partial charge in [-0.25, -0.2) is 0 Å². The molecule has 0 atom stereocenters. The van der Waals surface area contributed by atoms with Gasteiger partial charge in [-0.2, -0.15) is 0 Å². The monoisotopic (exact) mass is 231 g/mol. The third-order valence-corrected chi connectivity index (χ3v) is 3.73. The van der Waals surface area contributed by atoms with Crippen molar-refractivity contribution in [1.29, 1.82) is 0 Å². The van der Waals surface area contributed by atoms with Crippen LogP contribution >= 0.6 is 0 Å². The maximum Gasteiger partial charge on any atom is 0.134 e. The highest BCUT2D eigenvalue weighted by atomic mass is 16.3. The fourth-order valence-electron chi connectivity index (χ4n) is 2.39. The minimum atomic E-state index is -0.0566. The minimum Gasteiger partial charge on any atom is -0.460 e.